The first-order valence-corrected chi connectivity index (χ1v) is 5.76. The molecule has 0 saturated carbocycles. The van der Waals surface area contributed by atoms with Crippen LogP contribution >= 0.6 is 11.8 Å². The van der Waals surface area contributed by atoms with Crippen molar-refractivity contribution in [3.05, 3.63) is 29.1 Å². The van der Waals surface area contributed by atoms with E-state index in [1.807, 2.05) is 0 Å². The van der Waals surface area contributed by atoms with Crippen molar-refractivity contribution in [2.45, 2.75) is 24.8 Å². The first-order chi connectivity index (χ1) is 7.06. The van der Waals surface area contributed by atoms with E-state index in [1.54, 1.807) is 19.9 Å². The molecule has 0 amide bonds. The number of aliphatic hydroxyl groups excluding tert-OH is 2. The fourth-order valence-corrected chi connectivity index (χ4v) is 2.24. The van der Waals surface area contributed by atoms with E-state index in [0.717, 1.165) is 4.90 Å². The third-order valence-electron chi connectivity index (χ3n) is 2.09. The zero-order valence-corrected chi connectivity index (χ0v) is 9.64. The Hall–Kier alpha value is -0.580. The van der Waals surface area contributed by atoms with Crippen molar-refractivity contribution in [2.24, 2.45) is 0 Å². The topological polar surface area (TPSA) is 40.5 Å². The van der Waals surface area contributed by atoms with Crippen molar-refractivity contribution in [1.82, 2.24) is 0 Å². The predicted octanol–water partition coefficient (Wildman–Crippen LogP) is 2.27. The van der Waals surface area contributed by atoms with Crippen LogP contribution in [0.2, 0.25) is 0 Å². The summed E-state index contributed by atoms with van der Waals surface area (Å²) in [6.07, 6.45) is -0.693. The highest BCUT2D eigenvalue weighted by Crippen LogP contribution is 2.29. The molecule has 1 atom stereocenters. The molecule has 15 heavy (non-hydrogen) atoms. The van der Waals surface area contributed by atoms with Crippen molar-refractivity contribution in [1.29, 1.82) is 0 Å². The highest BCUT2D eigenvalue weighted by atomic mass is 32.2. The Kier molecular flexibility index (Phi) is 4.57. The summed E-state index contributed by atoms with van der Waals surface area (Å²) in [6.45, 7) is 3.36. The van der Waals surface area contributed by atoms with E-state index in [4.69, 9.17) is 5.11 Å². The van der Waals surface area contributed by atoms with E-state index in [0.29, 0.717) is 16.9 Å². The van der Waals surface area contributed by atoms with Crippen LogP contribution in [-0.4, -0.2) is 22.6 Å². The molecule has 1 aromatic rings. The zero-order valence-electron chi connectivity index (χ0n) is 8.83. The monoisotopic (exact) mass is 230 g/mol. The molecule has 0 spiro atoms. The number of aliphatic hydroxyl groups is 2. The summed E-state index contributed by atoms with van der Waals surface area (Å²) in [5.41, 5.74) is 1.14. The lowest BCUT2D eigenvalue weighted by atomic mass is 10.1. The highest BCUT2D eigenvalue weighted by molar-refractivity contribution is 7.99. The fourth-order valence-electron chi connectivity index (χ4n) is 1.28. The number of rotatable bonds is 4. The smallest absolute Gasteiger partial charge is 0.126 e. The summed E-state index contributed by atoms with van der Waals surface area (Å²) in [6, 6.07) is 3.07. The molecule has 0 aliphatic rings. The van der Waals surface area contributed by atoms with Crippen molar-refractivity contribution in [3.63, 3.8) is 0 Å². The van der Waals surface area contributed by atoms with Gasteiger partial charge in [-0.1, -0.05) is 0 Å². The Morgan fingerprint density at radius 1 is 1.47 bits per heavy atom. The molecule has 4 heteroatoms. The Bertz CT molecular complexity index is 340. The maximum absolute atomic E-state index is 13.3. The van der Waals surface area contributed by atoms with Crippen molar-refractivity contribution < 1.29 is 14.6 Å². The molecule has 0 aliphatic carbocycles. The zero-order chi connectivity index (χ0) is 11.4. The quantitative estimate of drug-likeness (QED) is 0.780. The maximum atomic E-state index is 13.3. The van der Waals surface area contributed by atoms with Gasteiger partial charge >= 0.3 is 0 Å². The third-order valence-corrected chi connectivity index (χ3v) is 3.14. The normalized spacial score (nSPS) is 12.9. The van der Waals surface area contributed by atoms with Gasteiger partial charge in [0, 0.05) is 10.6 Å². The summed E-state index contributed by atoms with van der Waals surface area (Å²) in [7, 11) is 0. The number of benzene rings is 1. The molecule has 0 radical (unpaired) electrons. The van der Waals surface area contributed by atoms with Gasteiger partial charge in [-0.2, -0.15) is 0 Å². The van der Waals surface area contributed by atoms with E-state index in [-0.39, 0.29) is 12.4 Å². The molecule has 1 rings (SSSR count). The van der Waals surface area contributed by atoms with Crippen molar-refractivity contribution in [3.8, 4) is 0 Å². The minimum absolute atomic E-state index is 0.0698. The fraction of sp³-hybridized carbons (Fsp3) is 0.455. The van der Waals surface area contributed by atoms with Crippen LogP contribution in [0.5, 0.6) is 0 Å². The van der Waals surface area contributed by atoms with E-state index < -0.39 is 6.10 Å². The number of thioether (sulfide) groups is 1. The van der Waals surface area contributed by atoms with Gasteiger partial charge in [0.25, 0.3) is 0 Å². The molecule has 2 nitrogen and oxygen atoms in total. The van der Waals surface area contributed by atoms with Crippen molar-refractivity contribution in [2.75, 3.05) is 12.4 Å². The summed E-state index contributed by atoms with van der Waals surface area (Å²) in [5, 5.41) is 18.2. The maximum Gasteiger partial charge on any atom is 0.126 e. The molecule has 0 heterocycles. The summed E-state index contributed by atoms with van der Waals surface area (Å²) in [5.74, 6) is 0.240. The van der Waals surface area contributed by atoms with Gasteiger partial charge < -0.3 is 10.2 Å². The molecule has 1 aromatic carbocycles. The van der Waals surface area contributed by atoms with Crippen LogP contribution in [-0.2, 0) is 0 Å². The number of halogens is 1. The highest BCUT2D eigenvalue weighted by Gasteiger charge is 2.11. The summed E-state index contributed by atoms with van der Waals surface area (Å²) in [4.78, 5) is 0.831. The van der Waals surface area contributed by atoms with E-state index in [1.165, 1.54) is 17.8 Å². The lowest BCUT2D eigenvalue weighted by Crippen LogP contribution is -1.98. The van der Waals surface area contributed by atoms with Crippen LogP contribution in [0.4, 0.5) is 4.39 Å². The van der Waals surface area contributed by atoms with E-state index in [2.05, 4.69) is 0 Å². The van der Waals surface area contributed by atoms with Crippen LogP contribution in [0.15, 0.2) is 17.0 Å². The minimum Gasteiger partial charge on any atom is -0.396 e. The SMILES string of the molecule is Cc1cc(SCCO)c(C(C)O)cc1F. The van der Waals surface area contributed by atoms with Gasteiger partial charge in [0.1, 0.15) is 5.82 Å². The molecule has 2 N–H and O–H groups in total. The second-order valence-electron chi connectivity index (χ2n) is 3.39. The van der Waals surface area contributed by atoms with Crippen LogP contribution in [0.25, 0.3) is 0 Å². The lowest BCUT2D eigenvalue weighted by molar-refractivity contribution is 0.196. The summed E-state index contributed by atoms with van der Waals surface area (Å²) < 4.78 is 13.3. The molecule has 1 unspecified atom stereocenters. The average Bonchev–Trinajstić information content (AvgIpc) is 2.19. The third kappa shape index (κ3) is 3.19. The molecule has 0 fully saturated rings. The Balaban J connectivity index is 3.04. The van der Waals surface area contributed by atoms with Gasteiger partial charge in [-0.05, 0) is 37.1 Å². The first-order valence-electron chi connectivity index (χ1n) is 4.78. The molecular formula is C11H15FO2S. The van der Waals surface area contributed by atoms with Gasteiger partial charge in [-0.25, -0.2) is 4.39 Å². The van der Waals surface area contributed by atoms with Crippen LogP contribution in [0, 0.1) is 12.7 Å². The predicted molar refractivity (Wildman–Crippen MR) is 59.6 cm³/mol. The second-order valence-corrected chi connectivity index (χ2v) is 4.52. The largest absolute Gasteiger partial charge is 0.396 e. The first kappa shape index (κ1) is 12.5. The van der Waals surface area contributed by atoms with Gasteiger partial charge in [0.05, 0.1) is 12.7 Å². The summed E-state index contributed by atoms with van der Waals surface area (Å²) >= 11 is 1.42. The molecular weight excluding hydrogens is 215 g/mol. The number of hydrogen-bond acceptors (Lipinski definition) is 3. The number of hydrogen-bond donors (Lipinski definition) is 2. The standard InChI is InChI=1S/C11H15FO2S/c1-7-5-11(15-4-3-13)9(8(2)14)6-10(7)12/h5-6,8,13-14H,3-4H2,1-2H3. The molecule has 0 aromatic heterocycles. The minimum atomic E-state index is -0.693. The van der Waals surface area contributed by atoms with Gasteiger partial charge in [-0.15, -0.1) is 11.8 Å². The molecule has 84 valence electrons. The lowest BCUT2D eigenvalue weighted by Gasteiger charge is -2.12. The van der Waals surface area contributed by atoms with Crippen LogP contribution < -0.4 is 0 Å². The molecule has 0 aliphatic heterocycles. The Morgan fingerprint density at radius 3 is 2.67 bits per heavy atom. The number of aryl methyl sites for hydroxylation is 1. The van der Waals surface area contributed by atoms with E-state index >= 15 is 0 Å². The molecule has 0 bridgehead atoms. The van der Waals surface area contributed by atoms with Crippen LogP contribution in [0.1, 0.15) is 24.2 Å². The molecule has 0 saturated heterocycles. The van der Waals surface area contributed by atoms with Gasteiger partial charge in [0.2, 0.25) is 0 Å². The van der Waals surface area contributed by atoms with E-state index in [9.17, 15) is 9.50 Å². The Labute approximate surface area is 93.1 Å². The Morgan fingerprint density at radius 2 is 2.13 bits per heavy atom. The van der Waals surface area contributed by atoms with Gasteiger partial charge in [-0.3, -0.25) is 0 Å². The van der Waals surface area contributed by atoms with Gasteiger partial charge in [0.15, 0.2) is 0 Å². The average molecular weight is 230 g/mol. The van der Waals surface area contributed by atoms with Crippen molar-refractivity contribution >= 4 is 11.8 Å². The second kappa shape index (κ2) is 5.49. The van der Waals surface area contributed by atoms with Crippen LogP contribution in [0.3, 0.4) is 0 Å².